The number of hydrogen-bond acceptors (Lipinski definition) is 1. The first-order valence-electron chi connectivity index (χ1n) is 1.73. The molecule has 38 valence electrons. The average Bonchev–Trinajstić information content (AvgIpc) is 1.61. The van der Waals surface area contributed by atoms with E-state index < -0.39 is 0 Å². The number of halogens is 1. The summed E-state index contributed by atoms with van der Waals surface area (Å²) >= 11 is 5.02. The predicted octanol–water partition coefficient (Wildman–Crippen LogP) is 1.95. The third-order valence-corrected chi connectivity index (χ3v) is 0.417. The Morgan fingerprint density at radius 1 is 1.86 bits per heavy atom. The van der Waals surface area contributed by atoms with E-state index in [1.165, 1.54) is 6.92 Å². The lowest BCUT2D eigenvalue weighted by molar-refractivity contribution is 0.416. The number of hydrogen-bond donors (Lipinski definition) is 1. The van der Waals surface area contributed by atoms with Crippen molar-refractivity contribution in [2.45, 2.75) is 6.92 Å². The maximum Gasteiger partial charge on any atom is 0.140 e. The summed E-state index contributed by atoms with van der Waals surface area (Å²) in [6.45, 7) is 1.49. The zero-order chi connectivity index (χ0) is 5.70. The summed E-state index contributed by atoms with van der Waals surface area (Å²) in [5, 5.41) is 8.35. The minimum Gasteiger partial charge on any atom is -0.504 e. The maximum absolute atomic E-state index is 8.35. The Labute approximate surface area is 47.2 Å². The van der Waals surface area contributed by atoms with Crippen LogP contribution in [0.25, 0.3) is 0 Å². The first-order chi connectivity index (χ1) is 3.27. The van der Waals surface area contributed by atoms with E-state index in [2.05, 4.69) is 11.5 Å². The second kappa shape index (κ2) is 3.58. The Hall–Kier alpha value is -0.610. The van der Waals surface area contributed by atoms with Gasteiger partial charge >= 0.3 is 0 Å². The molecule has 0 amide bonds. The van der Waals surface area contributed by atoms with Gasteiger partial charge in [-0.05, 0) is 5.73 Å². The lowest BCUT2D eigenvalue weighted by Crippen LogP contribution is -1.57. The first-order valence-corrected chi connectivity index (χ1v) is 2.17. The highest BCUT2D eigenvalue weighted by Gasteiger charge is 1.63. The Bertz CT molecular complexity index is 132. The van der Waals surface area contributed by atoms with Gasteiger partial charge in [-0.2, -0.15) is 0 Å². The molecule has 0 fully saturated rings. The number of aliphatic hydroxyl groups excluding tert-OH is 1. The van der Waals surface area contributed by atoms with Crippen LogP contribution in [-0.2, 0) is 0 Å². The van der Waals surface area contributed by atoms with Crippen LogP contribution in [0.15, 0.2) is 22.8 Å². The molecule has 0 unspecified atom stereocenters. The zero-order valence-electron chi connectivity index (χ0n) is 3.90. The standard InChI is InChI=1S/C5H5ClO/c1-5(7)3-2-4-6/h4,7H,1H3. The molecule has 0 rings (SSSR count). The van der Waals surface area contributed by atoms with Crippen molar-refractivity contribution in [3.63, 3.8) is 0 Å². The fourth-order valence-electron chi connectivity index (χ4n) is 0.132. The van der Waals surface area contributed by atoms with E-state index in [0.29, 0.717) is 0 Å². The number of allylic oxidation sites excluding steroid dienone is 1. The zero-order valence-corrected chi connectivity index (χ0v) is 4.66. The number of rotatable bonds is 0. The third-order valence-electron chi connectivity index (χ3n) is 0.308. The summed E-state index contributed by atoms with van der Waals surface area (Å²) in [6, 6.07) is 0. The largest absolute Gasteiger partial charge is 0.504 e. The van der Waals surface area contributed by atoms with E-state index in [0.717, 1.165) is 5.54 Å². The Balaban J connectivity index is 4.16. The van der Waals surface area contributed by atoms with E-state index >= 15 is 0 Å². The Morgan fingerprint density at radius 3 is 2.57 bits per heavy atom. The third kappa shape index (κ3) is 5.39. The molecule has 0 aromatic heterocycles. The summed E-state index contributed by atoms with van der Waals surface area (Å²) in [4.78, 5) is 0. The normalized spacial score (nSPS) is 6.00. The van der Waals surface area contributed by atoms with Gasteiger partial charge in [0.1, 0.15) is 5.76 Å². The van der Waals surface area contributed by atoms with Gasteiger partial charge in [0.15, 0.2) is 0 Å². The van der Waals surface area contributed by atoms with Crippen LogP contribution < -0.4 is 0 Å². The van der Waals surface area contributed by atoms with Crippen molar-refractivity contribution in [3.05, 3.63) is 22.8 Å². The molecule has 2 heteroatoms. The molecule has 7 heavy (non-hydrogen) atoms. The van der Waals surface area contributed by atoms with Gasteiger partial charge in [0.25, 0.3) is 0 Å². The molecule has 0 bridgehead atoms. The lowest BCUT2D eigenvalue weighted by Gasteiger charge is -1.69. The van der Waals surface area contributed by atoms with E-state index in [1.807, 2.05) is 0 Å². The monoisotopic (exact) mass is 116 g/mol. The van der Waals surface area contributed by atoms with Gasteiger partial charge in [-0.15, -0.1) is 0 Å². The number of aliphatic hydroxyl groups is 1. The minimum absolute atomic E-state index is 0.0805. The predicted molar refractivity (Wildman–Crippen MR) is 29.3 cm³/mol. The van der Waals surface area contributed by atoms with Crippen LogP contribution in [0, 0.1) is 0 Å². The van der Waals surface area contributed by atoms with Crippen LogP contribution >= 0.6 is 11.6 Å². The minimum atomic E-state index is 0.0805. The molecule has 0 spiro atoms. The van der Waals surface area contributed by atoms with Crippen LogP contribution in [0.4, 0.5) is 0 Å². The highest BCUT2D eigenvalue weighted by atomic mass is 35.5. The first kappa shape index (κ1) is 6.39. The quantitative estimate of drug-likeness (QED) is 0.379. The molecule has 0 saturated carbocycles. The van der Waals surface area contributed by atoms with Gasteiger partial charge in [0, 0.05) is 6.92 Å². The summed E-state index contributed by atoms with van der Waals surface area (Å²) in [7, 11) is 0. The molecule has 0 aliphatic carbocycles. The van der Waals surface area contributed by atoms with Gasteiger partial charge < -0.3 is 5.11 Å². The van der Waals surface area contributed by atoms with E-state index in [9.17, 15) is 0 Å². The fraction of sp³-hybridized carbons (Fsp3) is 0.200. The summed E-state index contributed by atoms with van der Waals surface area (Å²) < 4.78 is 0. The van der Waals surface area contributed by atoms with Crippen molar-refractivity contribution in [3.8, 4) is 0 Å². The Kier molecular flexibility index (Phi) is 3.26. The van der Waals surface area contributed by atoms with Crippen molar-refractivity contribution in [2.24, 2.45) is 0 Å². The molecular weight excluding hydrogens is 112 g/mol. The maximum atomic E-state index is 8.35. The fourth-order valence-corrected chi connectivity index (χ4v) is 0.186. The van der Waals surface area contributed by atoms with Crippen molar-refractivity contribution in [2.75, 3.05) is 0 Å². The van der Waals surface area contributed by atoms with Crippen molar-refractivity contribution >= 4 is 11.6 Å². The van der Waals surface area contributed by atoms with Crippen LogP contribution in [-0.4, -0.2) is 5.11 Å². The molecule has 0 aromatic carbocycles. The molecule has 0 aliphatic rings. The SMILES string of the molecule is CC(O)=C=C=CCl. The van der Waals surface area contributed by atoms with E-state index in [-0.39, 0.29) is 5.76 Å². The van der Waals surface area contributed by atoms with Crippen molar-refractivity contribution < 1.29 is 5.11 Å². The van der Waals surface area contributed by atoms with Gasteiger partial charge in [-0.3, -0.25) is 0 Å². The van der Waals surface area contributed by atoms with Crippen LogP contribution in [0.3, 0.4) is 0 Å². The molecule has 1 N–H and O–H groups in total. The summed E-state index contributed by atoms with van der Waals surface area (Å²) in [6.07, 6.45) is 0. The second-order valence-corrected chi connectivity index (χ2v) is 1.18. The molecular formula is C5H5ClO. The van der Waals surface area contributed by atoms with Crippen LogP contribution in [0.5, 0.6) is 0 Å². The lowest BCUT2D eigenvalue weighted by atomic mass is 10.6. The molecule has 1 nitrogen and oxygen atoms in total. The highest BCUT2D eigenvalue weighted by molar-refractivity contribution is 6.25. The van der Waals surface area contributed by atoms with Gasteiger partial charge in [0.05, 0.1) is 5.54 Å². The van der Waals surface area contributed by atoms with Gasteiger partial charge in [0.2, 0.25) is 0 Å². The van der Waals surface area contributed by atoms with Crippen LogP contribution in [0.2, 0.25) is 0 Å². The Morgan fingerprint density at radius 2 is 2.43 bits per heavy atom. The highest BCUT2D eigenvalue weighted by Crippen LogP contribution is 1.76. The summed E-state index contributed by atoms with van der Waals surface area (Å²) in [5.74, 6) is 0.0805. The summed E-state index contributed by atoms with van der Waals surface area (Å²) in [5.41, 5.74) is 5.83. The van der Waals surface area contributed by atoms with Gasteiger partial charge in [-0.25, -0.2) is 0 Å². The van der Waals surface area contributed by atoms with Crippen LogP contribution in [0.1, 0.15) is 6.92 Å². The second-order valence-electron chi connectivity index (χ2n) is 0.964. The topological polar surface area (TPSA) is 20.2 Å². The van der Waals surface area contributed by atoms with Gasteiger partial charge in [-0.1, -0.05) is 17.3 Å². The molecule has 0 radical (unpaired) electrons. The van der Waals surface area contributed by atoms with E-state index in [1.54, 1.807) is 0 Å². The van der Waals surface area contributed by atoms with E-state index in [4.69, 9.17) is 16.7 Å². The molecule has 0 aromatic rings. The smallest absolute Gasteiger partial charge is 0.140 e. The van der Waals surface area contributed by atoms with Crippen molar-refractivity contribution in [1.82, 2.24) is 0 Å². The molecule has 0 aliphatic heterocycles. The molecule has 0 heterocycles. The molecule has 0 saturated heterocycles. The van der Waals surface area contributed by atoms with Crippen molar-refractivity contribution in [1.29, 1.82) is 0 Å². The average molecular weight is 117 g/mol. The molecule has 0 atom stereocenters.